The van der Waals surface area contributed by atoms with Gasteiger partial charge < -0.3 is 9.47 Å². The Labute approximate surface area is 466 Å². The fourth-order valence-electron chi connectivity index (χ4n) is 17.1. The van der Waals surface area contributed by atoms with Crippen LogP contribution in [0.1, 0.15) is 320 Å². The molecule has 0 saturated heterocycles. The molecular formula is C70H90N2O6. The molecule has 6 aliphatic carbocycles. The van der Waals surface area contributed by atoms with Crippen LogP contribution in [0, 0.1) is 23.7 Å². The number of ether oxygens (including phenoxy) is 2. The summed E-state index contributed by atoms with van der Waals surface area (Å²) in [5.74, 6) is 1.10. The van der Waals surface area contributed by atoms with Gasteiger partial charge in [0.15, 0.2) is 0 Å². The van der Waals surface area contributed by atoms with Gasteiger partial charge in [0.05, 0.1) is 33.6 Å². The van der Waals surface area contributed by atoms with E-state index in [-0.39, 0.29) is 70.7 Å². The monoisotopic (exact) mass is 1050 g/mol. The van der Waals surface area contributed by atoms with Gasteiger partial charge >= 0.3 is 0 Å². The maximum Gasteiger partial charge on any atom is 0.269 e. The fraction of sp³-hybridized carbons (Fsp3) is 0.629. The molecule has 0 spiro atoms. The first-order chi connectivity index (χ1) is 37.7. The third kappa shape index (κ3) is 9.35. The van der Waals surface area contributed by atoms with E-state index >= 15 is 19.2 Å². The number of amides is 4. The number of benzene rings is 4. The molecule has 0 bridgehead atoms. The summed E-state index contributed by atoms with van der Waals surface area (Å²) in [6, 6.07) is 13.3. The van der Waals surface area contributed by atoms with Gasteiger partial charge in [0.2, 0.25) is 0 Å². The lowest BCUT2D eigenvalue weighted by Gasteiger charge is -2.39. The molecule has 8 nitrogen and oxygen atoms in total. The minimum Gasteiger partial charge on any atom is -0.489 e. The average Bonchev–Trinajstić information content (AvgIpc) is 4.01. The number of carbonyl (C=O) groups excluding carboxylic acids is 4. The molecular weight excluding hydrogens is 965 g/mol. The number of nitrogens with zero attached hydrogens (tertiary/aromatic N) is 2. The Bertz CT molecular complexity index is 2690. The maximum atomic E-state index is 16.6. The highest BCUT2D eigenvalue weighted by molar-refractivity contribution is 6.44. The van der Waals surface area contributed by atoms with Crippen LogP contribution in [0.4, 0.5) is 11.4 Å². The van der Waals surface area contributed by atoms with E-state index in [1.54, 1.807) is 9.80 Å². The summed E-state index contributed by atoms with van der Waals surface area (Å²) in [5.41, 5.74) is 10.0. The maximum absolute atomic E-state index is 16.6. The third-order valence-corrected chi connectivity index (χ3v) is 20.9. The van der Waals surface area contributed by atoms with E-state index < -0.39 is 23.6 Å². The summed E-state index contributed by atoms with van der Waals surface area (Å²) in [7, 11) is 0. The number of carbonyl (C=O) groups is 4. The highest BCUT2D eigenvalue weighted by Gasteiger charge is 2.49. The zero-order valence-corrected chi connectivity index (χ0v) is 48.7. The van der Waals surface area contributed by atoms with Crippen molar-refractivity contribution >= 4 is 45.8 Å². The van der Waals surface area contributed by atoms with Crippen molar-refractivity contribution in [1.82, 2.24) is 0 Å². The molecule has 12 rings (SSSR count). The quantitative estimate of drug-likeness (QED) is 0.104. The van der Waals surface area contributed by atoms with Crippen molar-refractivity contribution in [3.05, 3.63) is 92.0 Å². The van der Waals surface area contributed by atoms with Gasteiger partial charge in [-0.25, -0.2) is 9.80 Å². The van der Waals surface area contributed by atoms with E-state index in [0.717, 1.165) is 136 Å². The highest BCUT2D eigenvalue weighted by atomic mass is 16.5. The van der Waals surface area contributed by atoms with Gasteiger partial charge in [-0.3, -0.25) is 19.2 Å². The van der Waals surface area contributed by atoms with Crippen LogP contribution in [0.25, 0.3) is 10.8 Å². The minimum atomic E-state index is -0.425. The summed E-state index contributed by atoms with van der Waals surface area (Å²) < 4.78 is 14.6. The number of hydrogen-bond donors (Lipinski definition) is 0. The number of hydrogen-bond acceptors (Lipinski definition) is 6. The SMILES string of the molecule is CC(C)C(Oc1cc2c3c(c(OC(C(C)C)C(C)C)cc4c3c1C(=O)N(c1c(C3CCCC3)cc(C3CCCC3)cc1C1CCCC1)C4=O)C(=O)N(c1c(C3CCCC3)cc(C3CCCC3)cc1C1CCCC1)C2=O)C(C)C. The second-order valence-electron chi connectivity index (χ2n) is 27.4. The van der Waals surface area contributed by atoms with Crippen LogP contribution in [-0.2, 0) is 0 Å². The van der Waals surface area contributed by atoms with Crippen LogP contribution in [0.15, 0.2) is 36.4 Å². The van der Waals surface area contributed by atoms with Crippen molar-refractivity contribution in [1.29, 1.82) is 0 Å². The zero-order valence-electron chi connectivity index (χ0n) is 48.7. The van der Waals surface area contributed by atoms with Gasteiger partial charge in [0, 0.05) is 10.8 Å². The molecule has 6 fully saturated rings. The number of imide groups is 2. The summed E-state index contributed by atoms with van der Waals surface area (Å²) in [6.07, 6.45) is 26.1. The third-order valence-electron chi connectivity index (χ3n) is 20.9. The normalized spacial score (nSPS) is 21.3. The molecule has 0 radical (unpaired) electrons. The van der Waals surface area contributed by atoms with Crippen molar-refractivity contribution in [2.24, 2.45) is 23.7 Å². The van der Waals surface area contributed by atoms with Crippen LogP contribution in [-0.4, -0.2) is 35.8 Å². The van der Waals surface area contributed by atoms with Gasteiger partial charge in [0.1, 0.15) is 23.7 Å². The molecule has 2 heterocycles. The predicted octanol–water partition coefficient (Wildman–Crippen LogP) is 18.5. The van der Waals surface area contributed by atoms with Gasteiger partial charge in [-0.15, -0.1) is 0 Å². The smallest absolute Gasteiger partial charge is 0.269 e. The molecule has 8 heteroatoms. The van der Waals surface area contributed by atoms with Crippen LogP contribution in [0.5, 0.6) is 11.5 Å². The molecule has 0 unspecified atom stereocenters. The highest BCUT2D eigenvalue weighted by Crippen LogP contribution is 2.56. The molecule has 4 aromatic carbocycles. The van der Waals surface area contributed by atoms with Crippen molar-refractivity contribution in [2.45, 2.75) is 257 Å². The molecule has 0 atom stereocenters. The molecule has 78 heavy (non-hydrogen) atoms. The van der Waals surface area contributed by atoms with E-state index in [9.17, 15) is 0 Å². The van der Waals surface area contributed by atoms with E-state index in [0.29, 0.717) is 45.2 Å². The lowest BCUT2D eigenvalue weighted by Crippen LogP contribution is -2.45. The Morgan fingerprint density at radius 2 is 0.590 bits per heavy atom. The molecule has 416 valence electrons. The first-order valence-electron chi connectivity index (χ1n) is 31.8. The topological polar surface area (TPSA) is 93.2 Å². The standard InChI is InChI=1S/C70H90N2O6/c1-39(2)65(40(3)4)77-57-37-55-60-59-56(68(74)71(69(75)61(57)59)63-51(45-25-13-14-26-45)33-49(43-21-9-10-22-43)34-52(63)46-27-15-16-28-46)38-58(78-66(41(5)6)42(7)8)62(60)70(76)72(67(55)73)64-53(47-29-17-18-30-47)35-50(44-23-11-12-24-44)36-54(64)48-31-19-20-32-48/h33-48,65-66H,9-32H2,1-8H3. The van der Waals surface area contributed by atoms with Crippen molar-refractivity contribution in [2.75, 3.05) is 9.80 Å². The van der Waals surface area contributed by atoms with E-state index in [2.05, 4.69) is 79.7 Å². The largest absolute Gasteiger partial charge is 0.489 e. The number of rotatable bonds is 16. The molecule has 8 aliphatic rings. The van der Waals surface area contributed by atoms with Gasteiger partial charge in [-0.1, -0.05) is 157 Å². The molecule has 0 N–H and O–H groups in total. The Balaban J connectivity index is 1.13. The van der Waals surface area contributed by atoms with Crippen molar-refractivity contribution in [3.8, 4) is 11.5 Å². The molecule has 0 aromatic heterocycles. The zero-order chi connectivity index (χ0) is 54.3. The van der Waals surface area contributed by atoms with Crippen LogP contribution in [0.2, 0.25) is 0 Å². The lowest BCUT2D eigenvalue weighted by atomic mass is 9.80. The summed E-state index contributed by atoms with van der Waals surface area (Å²) in [6.45, 7) is 17.2. The Hall–Kier alpha value is -4.98. The van der Waals surface area contributed by atoms with Crippen LogP contribution >= 0.6 is 0 Å². The summed E-state index contributed by atoms with van der Waals surface area (Å²) >= 11 is 0. The minimum absolute atomic E-state index is 0.0663. The first kappa shape index (κ1) is 53.7. The van der Waals surface area contributed by atoms with Gasteiger partial charge in [0.25, 0.3) is 23.6 Å². The fourth-order valence-corrected chi connectivity index (χ4v) is 17.1. The Morgan fingerprint density at radius 3 is 0.833 bits per heavy atom. The van der Waals surface area contributed by atoms with E-state index in [4.69, 9.17) is 9.47 Å². The second kappa shape index (κ2) is 21.8. The molecule has 2 aliphatic heterocycles. The van der Waals surface area contributed by atoms with Gasteiger partial charge in [-0.05, 0) is 182 Å². The van der Waals surface area contributed by atoms with Crippen molar-refractivity contribution < 1.29 is 28.7 Å². The summed E-state index contributed by atoms with van der Waals surface area (Å²) in [4.78, 5) is 69.2. The second-order valence-corrected chi connectivity index (χ2v) is 27.4. The Morgan fingerprint density at radius 1 is 0.346 bits per heavy atom. The van der Waals surface area contributed by atoms with Gasteiger partial charge in [-0.2, -0.15) is 0 Å². The molecule has 4 amide bonds. The first-order valence-corrected chi connectivity index (χ1v) is 31.8. The summed E-state index contributed by atoms with van der Waals surface area (Å²) in [5, 5.41) is 0.704. The molecule has 4 aromatic rings. The predicted molar refractivity (Wildman–Crippen MR) is 315 cm³/mol. The van der Waals surface area contributed by atoms with Crippen molar-refractivity contribution in [3.63, 3.8) is 0 Å². The van der Waals surface area contributed by atoms with Crippen LogP contribution < -0.4 is 19.3 Å². The lowest BCUT2D eigenvalue weighted by molar-refractivity contribution is 0.0837. The average molecular weight is 1060 g/mol. The molecule has 6 saturated carbocycles. The van der Waals surface area contributed by atoms with E-state index in [1.165, 1.54) is 62.5 Å². The number of anilines is 2. The van der Waals surface area contributed by atoms with Crippen LogP contribution in [0.3, 0.4) is 0 Å². The Kier molecular flexibility index (Phi) is 15.0. The van der Waals surface area contributed by atoms with E-state index in [1.807, 2.05) is 12.1 Å².